The highest BCUT2D eigenvalue weighted by Gasteiger charge is 2.45. The first-order chi connectivity index (χ1) is 12.7. The largest absolute Gasteiger partial charge is 0.465 e. The van der Waals surface area contributed by atoms with Gasteiger partial charge in [0.2, 0.25) is 5.91 Å². The second-order valence-electron chi connectivity index (χ2n) is 6.41. The Morgan fingerprint density at radius 2 is 1.96 bits per heavy atom. The summed E-state index contributed by atoms with van der Waals surface area (Å²) in [6.07, 6.45) is 0.600. The molecule has 0 aliphatic carbocycles. The Labute approximate surface area is 153 Å². The van der Waals surface area contributed by atoms with Crippen LogP contribution in [0.2, 0.25) is 0 Å². The molecule has 0 saturated carbocycles. The van der Waals surface area contributed by atoms with Crippen LogP contribution < -0.4 is 0 Å². The molecule has 1 aromatic heterocycles. The Kier molecular flexibility index (Phi) is 5.24. The summed E-state index contributed by atoms with van der Waals surface area (Å²) >= 11 is 0. The first-order valence-electron chi connectivity index (χ1n) is 8.43. The third-order valence-corrected chi connectivity index (χ3v) is 4.57. The Hall–Kier alpha value is -2.78. The maximum absolute atomic E-state index is 12.5. The van der Waals surface area contributed by atoms with E-state index in [0.29, 0.717) is 31.7 Å². The number of hydrogen-bond acceptors (Lipinski definition) is 4. The zero-order valence-electron chi connectivity index (χ0n) is 14.3. The van der Waals surface area contributed by atoms with Crippen molar-refractivity contribution in [2.24, 2.45) is 0 Å². The maximum Gasteiger partial charge on any atom is 0.406 e. The molecule has 0 radical (unpaired) electrons. The molecule has 3 rings (SSSR count). The molecule has 7 nitrogen and oxygen atoms in total. The number of carbonyl (C=O) groups is 3. The molecule has 2 fully saturated rings. The number of piperidine rings is 1. The minimum Gasteiger partial charge on any atom is -0.465 e. The van der Waals surface area contributed by atoms with Crippen LogP contribution in [0.25, 0.3) is 6.08 Å². The van der Waals surface area contributed by atoms with E-state index in [1.165, 1.54) is 17.2 Å². The number of urea groups is 1. The summed E-state index contributed by atoms with van der Waals surface area (Å²) in [5, 5.41) is 0. The van der Waals surface area contributed by atoms with Crippen LogP contribution in [0.3, 0.4) is 0 Å². The lowest BCUT2D eigenvalue weighted by Gasteiger charge is -2.35. The molecule has 2 aliphatic heterocycles. The fourth-order valence-corrected chi connectivity index (χ4v) is 3.22. The number of alkyl halides is 3. The molecular weight excluding hydrogens is 367 g/mol. The number of hydrogen-bond donors (Lipinski definition) is 0. The normalized spacial score (nSPS) is 19.6. The monoisotopic (exact) mass is 385 g/mol. The van der Waals surface area contributed by atoms with E-state index in [9.17, 15) is 27.6 Å². The van der Waals surface area contributed by atoms with Crippen LogP contribution in [0.1, 0.15) is 18.6 Å². The average molecular weight is 385 g/mol. The Balaban J connectivity index is 1.54. The Morgan fingerprint density at radius 1 is 1.26 bits per heavy atom. The molecule has 0 N–H and O–H groups in total. The second kappa shape index (κ2) is 7.45. The van der Waals surface area contributed by atoms with Gasteiger partial charge in [-0.1, -0.05) is 0 Å². The van der Waals surface area contributed by atoms with Crippen LogP contribution in [-0.4, -0.2) is 70.9 Å². The van der Waals surface area contributed by atoms with Crippen LogP contribution in [0, 0.1) is 0 Å². The van der Waals surface area contributed by atoms with Gasteiger partial charge in [0.15, 0.2) is 0 Å². The van der Waals surface area contributed by atoms with Gasteiger partial charge in [0, 0.05) is 25.2 Å². The van der Waals surface area contributed by atoms with Crippen molar-refractivity contribution in [3.8, 4) is 0 Å². The highest BCUT2D eigenvalue weighted by molar-refractivity contribution is 6.02. The predicted molar refractivity (Wildman–Crippen MR) is 87.2 cm³/mol. The summed E-state index contributed by atoms with van der Waals surface area (Å²) < 4.78 is 42.7. The van der Waals surface area contributed by atoms with E-state index in [1.807, 2.05) is 0 Å². The number of amides is 4. The van der Waals surface area contributed by atoms with Gasteiger partial charge < -0.3 is 14.2 Å². The lowest BCUT2D eigenvalue weighted by molar-refractivity contribution is -0.151. The number of imide groups is 1. The molecule has 0 atom stereocenters. The van der Waals surface area contributed by atoms with Gasteiger partial charge >= 0.3 is 12.2 Å². The van der Waals surface area contributed by atoms with E-state index < -0.39 is 24.7 Å². The molecule has 0 bridgehead atoms. The molecule has 3 heterocycles. The van der Waals surface area contributed by atoms with Crippen molar-refractivity contribution in [1.82, 2.24) is 14.7 Å². The molecule has 2 aliphatic rings. The van der Waals surface area contributed by atoms with Crippen molar-refractivity contribution in [2.75, 3.05) is 26.2 Å². The van der Waals surface area contributed by atoms with E-state index in [0.717, 1.165) is 0 Å². The van der Waals surface area contributed by atoms with Crippen LogP contribution >= 0.6 is 0 Å². The third kappa shape index (κ3) is 4.50. The first-order valence-corrected chi connectivity index (χ1v) is 8.43. The van der Waals surface area contributed by atoms with Crippen molar-refractivity contribution >= 4 is 23.9 Å². The minimum atomic E-state index is -4.63. The minimum absolute atomic E-state index is 0.215. The summed E-state index contributed by atoms with van der Waals surface area (Å²) in [6.45, 7) is -1.23. The number of rotatable bonds is 4. The molecule has 2 saturated heterocycles. The topological polar surface area (TPSA) is 74.1 Å². The highest BCUT2D eigenvalue weighted by atomic mass is 19.4. The van der Waals surface area contributed by atoms with Crippen molar-refractivity contribution < 1.29 is 32.0 Å². The molecule has 1 aromatic rings. The molecular formula is C17H18F3N3O4. The van der Waals surface area contributed by atoms with Crippen molar-refractivity contribution in [1.29, 1.82) is 0 Å². The van der Waals surface area contributed by atoms with Crippen molar-refractivity contribution in [2.45, 2.75) is 25.1 Å². The molecule has 27 heavy (non-hydrogen) atoms. The Bertz CT molecular complexity index is 737. The highest BCUT2D eigenvalue weighted by Crippen LogP contribution is 2.25. The molecule has 0 unspecified atom stereocenters. The van der Waals surface area contributed by atoms with E-state index in [2.05, 4.69) is 0 Å². The van der Waals surface area contributed by atoms with E-state index in [-0.39, 0.29) is 23.4 Å². The first kappa shape index (κ1) is 19.0. The van der Waals surface area contributed by atoms with Gasteiger partial charge in [0.05, 0.1) is 6.26 Å². The second-order valence-corrected chi connectivity index (χ2v) is 6.41. The quantitative estimate of drug-likeness (QED) is 0.588. The smallest absolute Gasteiger partial charge is 0.406 e. The van der Waals surface area contributed by atoms with Gasteiger partial charge in [-0.3, -0.25) is 14.5 Å². The average Bonchev–Trinajstić information content (AvgIpc) is 3.22. The molecule has 146 valence electrons. The number of likely N-dealkylation sites (tertiary alicyclic amines) is 1. The van der Waals surface area contributed by atoms with Gasteiger partial charge in [-0.05, 0) is 31.1 Å². The number of halogens is 3. The molecule has 0 spiro atoms. The summed E-state index contributed by atoms with van der Waals surface area (Å²) in [5.41, 5.74) is 0. The van der Waals surface area contributed by atoms with E-state index in [4.69, 9.17) is 4.42 Å². The molecule has 0 aromatic carbocycles. The van der Waals surface area contributed by atoms with Gasteiger partial charge in [-0.2, -0.15) is 13.2 Å². The van der Waals surface area contributed by atoms with E-state index >= 15 is 0 Å². The summed E-state index contributed by atoms with van der Waals surface area (Å²) in [4.78, 5) is 39.1. The van der Waals surface area contributed by atoms with Gasteiger partial charge in [-0.15, -0.1) is 0 Å². The lowest BCUT2D eigenvalue weighted by Crippen LogP contribution is -2.48. The Morgan fingerprint density at radius 3 is 2.56 bits per heavy atom. The molecule has 4 amide bonds. The predicted octanol–water partition coefficient (Wildman–Crippen LogP) is 2.11. The SMILES string of the molecule is O=C(/C=C/c1ccco1)N1CCC(N2CC(=O)N(CC(F)(F)F)C2=O)CC1. The van der Waals surface area contributed by atoms with Crippen molar-refractivity contribution in [3.05, 3.63) is 30.2 Å². The fourth-order valence-electron chi connectivity index (χ4n) is 3.22. The van der Waals surface area contributed by atoms with Gasteiger partial charge in [0.25, 0.3) is 5.91 Å². The number of furan rings is 1. The van der Waals surface area contributed by atoms with Gasteiger partial charge in [-0.25, -0.2) is 4.79 Å². The van der Waals surface area contributed by atoms with Crippen LogP contribution in [0.4, 0.5) is 18.0 Å². The van der Waals surface area contributed by atoms with Crippen LogP contribution in [0.15, 0.2) is 28.9 Å². The summed E-state index contributed by atoms with van der Waals surface area (Å²) in [7, 11) is 0. The van der Waals surface area contributed by atoms with E-state index in [1.54, 1.807) is 23.1 Å². The van der Waals surface area contributed by atoms with Gasteiger partial charge in [0.1, 0.15) is 18.8 Å². The maximum atomic E-state index is 12.5. The van der Waals surface area contributed by atoms with Crippen LogP contribution in [0.5, 0.6) is 0 Å². The standard InChI is InChI=1S/C17H18F3N3O4/c18-17(19,20)11-23-15(25)10-22(16(23)26)12-5-7-21(8-6-12)14(24)4-3-13-2-1-9-27-13/h1-4,9,12H,5-8,10-11H2/b4-3+. The number of nitrogens with zero attached hydrogens (tertiary/aromatic N) is 3. The summed E-state index contributed by atoms with van der Waals surface area (Å²) in [5.74, 6) is -0.520. The zero-order chi connectivity index (χ0) is 19.6. The lowest BCUT2D eigenvalue weighted by atomic mass is 10.0. The fraction of sp³-hybridized carbons (Fsp3) is 0.471. The number of carbonyl (C=O) groups excluding carboxylic acids is 3. The third-order valence-electron chi connectivity index (χ3n) is 4.57. The van der Waals surface area contributed by atoms with Crippen LogP contribution in [-0.2, 0) is 9.59 Å². The molecule has 10 heteroatoms. The van der Waals surface area contributed by atoms with Crippen molar-refractivity contribution in [3.63, 3.8) is 0 Å². The summed E-state index contributed by atoms with van der Waals surface area (Å²) in [6, 6.07) is 2.13. The zero-order valence-corrected chi connectivity index (χ0v) is 14.3.